The fourth-order valence-corrected chi connectivity index (χ4v) is 2.55. The van der Waals surface area contributed by atoms with Crippen molar-refractivity contribution in [2.24, 2.45) is 5.92 Å². The lowest BCUT2D eigenvalue weighted by Gasteiger charge is -2.29. The summed E-state index contributed by atoms with van der Waals surface area (Å²) in [5, 5.41) is 19.7. The number of nitrogens with zero attached hydrogens (tertiary/aromatic N) is 3. The molecule has 116 valence electrons. The Labute approximate surface area is 128 Å². The van der Waals surface area contributed by atoms with Gasteiger partial charge < -0.3 is 10.6 Å². The van der Waals surface area contributed by atoms with Crippen LogP contribution in [0.5, 0.6) is 0 Å². The number of nitrogens with two attached hydrogens (primary N) is 1. The lowest BCUT2D eigenvalue weighted by Crippen LogP contribution is -2.40. The Bertz CT molecular complexity index is 634. The molecule has 7 nitrogen and oxygen atoms in total. The first kappa shape index (κ1) is 15.8. The summed E-state index contributed by atoms with van der Waals surface area (Å²) in [4.78, 5) is 24.7. The molecule has 1 aromatic rings. The van der Waals surface area contributed by atoms with Gasteiger partial charge in [-0.05, 0) is 31.7 Å². The maximum atomic E-state index is 12.7. The molecule has 0 bridgehead atoms. The van der Waals surface area contributed by atoms with Crippen LogP contribution in [-0.2, 0) is 0 Å². The van der Waals surface area contributed by atoms with Crippen molar-refractivity contribution in [3.8, 4) is 6.07 Å². The monoisotopic (exact) mass is 302 g/mol. The van der Waals surface area contributed by atoms with Crippen LogP contribution in [0.2, 0.25) is 0 Å². The van der Waals surface area contributed by atoms with Crippen molar-refractivity contribution in [2.75, 3.05) is 12.3 Å². The molecule has 1 aliphatic rings. The van der Waals surface area contributed by atoms with Gasteiger partial charge in [0, 0.05) is 18.7 Å². The van der Waals surface area contributed by atoms with Crippen molar-refractivity contribution in [1.82, 2.24) is 4.90 Å². The highest BCUT2D eigenvalue weighted by atomic mass is 16.6. The van der Waals surface area contributed by atoms with Gasteiger partial charge in [0.05, 0.1) is 23.0 Å². The third-order valence-corrected chi connectivity index (χ3v) is 4.03. The molecule has 1 aliphatic carbocycles. The van der Waals surface area contributed by atoms with E-state index in [4.69, 9.17) is 11.0 Å². The minimum atomic E-state index is -0.601. The zero-order chi connectivity index (χ0) is 16.3. The molecule has 0 radical (unpaired) electrons. The third-order valence-electron chi connectivity index (χ3n) is 4.03. The number of rotatable bonds is 6. The van der Waals surface area contributed by atoms with E-state index >= 15 is 0 Å². The number of nitriles is 1. The Kier molecular flexibility index (Phi) is 4.61. The van der Waals surface area contributed by atoms with Gasteiger partial charge in [0.1, 0.15) is 5.69 Å². The van der Waals surface area contributed by atoms with E-state index in [1.807, 2.05) is 13.0 Å². The first-order valence-electron chi connectivity index (χ1n) is 7.18. The van der Waals surface area contributed by atoms with Crippen molar-refractivity contribution in [1.29, 1.82) is 5.26 Å². The van der Waals surface area contributed by atoms with Gasteiger partial charge in [-0.15, -0.1) is 0 Å². The number of nitro groups is 1. The van der Waals surface area contributed by atoms with Crippen molar-refractivity contribution in [2.45, 2.75) is 32.2 Å². The molecule has 1 saturated carbocycles. The van der Waals surface area contributed by atoms with Crippen molar-refractivity contribution < 1.29 is 9.72 Å². The maximum Gasteiger partial charge on any atom is 0.292 e. The van der Waals surface area contributed by atoms with E-state index in [-0.39, 0.29) is 35.3 Å². The normalized spacial score (nSPS) is 14.9. The molecule has 2 N–H and O–H groups in total. The number of nitrogen functional groups attached to an aromatic ring is 1. The largest absolute Gasteiger partial charge is 0.393 e. The van der Waals surface area contributed by atoms with Crippen LogP contribution in [0.3, 0.4) is 0 Å². The highest BCUT2D eigenvalue weighted by molar-refractivity contribution is 6.01. The first-order chi connectivity index (χ1) is 10.5. The van der Waals surface area contributed by atoms with E-state index in [2.05, 4.69) is 0 Å². The SMILES string of the molecule is CC(C1CC1)N(CCC#N)C(=O)c1cccc([N+](=O)[O-])c1N. The number of benzene rings is 1. The molecule has 0 aromatic heterocycles. The van der Waals surface area contributed by atoms with E-state index in [0.717, 1.165) is 12.8 Å². The summed E-state index contributed by atoms with van der Waals surface area (Å²) in [5.74, 6) is 0.0819. The molecule has 1 fully saturated rings. The van der Waals surface area contributed by atoms with Gasteiger partial charge in [-0.1, -0.05) is 6.07 Å². The van der Waals surface area contributed by atoms with Crippen LogP contribution in [0, 0.1) is 27.4 Å². The number of carbonyl (C=O) groups excluding carboxylic acids is 1. The summed E-state index contributed by atoms with van der Waals surface area (Å²) in [5.41, 5.74) is 5.52. The zero-order valence-corrected chi connectivity index (χ0v) is 12.4. The Morgan fingerprint density at radius 3 is 2.82 bits per heavy atom. The number of carbonyl (C=O) groups is 1. The smallest absolute Gasteiger partial charge is 0.292 e. The molecule has 7 heteroatoms. The second-order valence-electron chi connectivity index (χ2n) is 5.48. The molecule has 1 aromatic carbocycles. The summed E-state index contributed by atoms with van der Waals surface area (Å²) < 4.78 is 0. The van der Waals surface area contributed by atoms with Gasteiger partial charge in [-0.3, -0.25) is 14.9 Å². The Morgan fingerprint density at radius 2 is 2.27 bits per heavy atom. The zero-order valence-electron chi connectivity index (χ0n) is 12.4. The average Bonchev–Trinajstić information content (AvgIpc) is 3.31. The van der Waals surface area contributed by atoms with E-state index in [1.54, 1.807) is 4.90 Å². The molecule has 0 heterocycles. The molecule has 1 atom stereocenters. The first-order valence-corrected chi connectivity index (χ1v) is 7.18. The highest BCUT2D eigenvalue weighted by Crippen LogP contribution is 2.36. The van der Waals surface area contributed by atoms with E-state index in [1.165, 1.54) is 18.2 Å². The van der Waals surface area contributed by atoms with Crippen LogP contribution >= 0.6 is 0 Å². The van der Waals surface area contributed by atoms with Crippen LogP contribution < -0.4 is 5.73 Å². The minimum absolute atomic E-state index is 0.000452. The van der Waals surface area contributed by atoms with E-state index in [9.17, 15) is 14.9 Å². The predicted molar refractivity (Wildman–Crippen MR) is 81.0 cm³/mol. The summed E-state index contributed by atoms with van der Waals surface area (Å²) in [6, 6.07) is 6.24. The van der Waals surface area contributed by atoms with E-state index < -0.39 is 4.92 Å². The summed E-state index contributed by atoms with van der Waals surface area (Å²) in [6.45, 7) is 2.25. The van der Waals surface area contributed by atoms with Crippen LogP contribution in [0.15, 0.2) is 18.2 Å². The molecular weight excluding hydrogens is 284 g/mol. The topological polar surface area (TPSA) is 113 Å². The van der Waals surface area contributed by atoms with Crippen molar-refractivity contribution >= 4 is 17.3 Å². The predicted octanol–water partition coefficient (Wildman–Crippen LogP) is 2.33. The summed E-state index contributed by atoms with van der Waals surface area (Å²) in [7, 11) is 0. The molecule has 1 amide bonds. The molecule has 0 saturated heterocycles. The Hall–Kier alpha value is -2.62. The molecule has 0 aliphatic heterocycles. The van der Waals surface area contributed by atoms with Crippen LogP contribution in [0.25, 0.3) is 0 Å². The standard InChI is InChI=1S/C15H18N4O3/c1-10(11-6-7-11)18(9-3-8-16)15(20)12-4-2-5-13(14(12)17)19(21)22/h2,4-5,10-11H,3,6-7,9,17H2,1H3. The molecule has 1 unspecified atom stereocenters. The second kappa shape index (κ2) is 6.43. The van der Waals surface area contributed by atoms with Crippen molar-refractivity contribution in [3.63, 3.8) is 0 Å². The van der Waals surface area contributed by atoms with E-state index in [0.29, 0.717) is 12.5 Å². The number of hydrogen-bond donors (Lipinski definition) is 1. The van der Waals surface area contributed by atoms with Crippen LogP contribution in [0.1, 0.15) is 36.5 Å². The van der Waals surface area contributed by atoms with Crippen LogP contribution in [0.4, 0.5) is 11.4 Å². The summed E-state index contributed by atoms with van der Waals surface area (Å²) >= 11 is 0. The van der Waals surface area contributed by atoms with Gasteiger partial charge >= 0.3 is 0 Å². The van der Waals surface area contributed by atoms with Gasteiger partial charge in [0.2, 0.25) is 0 Å². The van der Waals surface area contributed by atoms with Gasteiger partial charge in [0.25, 0.3) is 11.6 Å². The molecule has 2 rings (SSSR count). The number of amides is 1. The minimum Gasteiger partial charge on any atom is -0.393 e. The second-order valence-corrected chi connectivity index (χ2v) is 5.48. The van der Waals surface area contributed by atoms with Gasteiger partial charge in [0.15, 0.2) is 0 Å². The third kappa shape index (κ3) is 3.17. The fraction of sp³-hybridized carbons (Fsp3) is 0.467. The maximum absolute atomic E-state index is 12.7. The Balaban J connectivity index is 2.32. The molecular formula is C15H18N4O3. The quantitative estimate of drug-likeness (QED) is 0.492. The highest BCUT2D eigenvalue weighted by Gasteiger charge is 2.35. The number of para-hydroxylation sites is 1. The average molecular weight is 302 g/mol. The molecule has 22 heavy (non-hydrogen) atoms. The fourth-order valence-electron chi connectivity index (χ4n) is 2.55. The lowest BCUT2D eigenvalue weighted by atomic mass is 10.1. The van der Waals surface area contributed by atoms with Crippen molar-refractivity contribution in [3.05, 3.63) is 33.9 Å². The number of hydrogen-bond acceptors (Lipinski definition) is 5. The van der Waals surface area contributed by atoms with Gasteiger partial charge in [-0.2, -0.15) is 5.26 Å². The lowest BCUT2D eigenvalue weighted by molar-refractivity contribution is -0.383. The number of anilines is 1. The molecule has 0 spiro atoms. The Morgan fingerprint density at radius 1 is 1.59 bits per heavy atom. The van der Waals surface area contributed by atoms with Crippen LogP contribution in [-0.4, -0.2) is 28.3 Å². The summed E-state index contributed by atoms with van der Waals surface area (Å²) in [6.07, 6.45) is 2.33. The van der Waals surface area contributed by atoms with Gasteiger partial charge in [-0.25, -0.2) is 0 Å². The number of nitro benzene ring substituents is 1.